The fourth-order valence-corrected chi connectivity index (χ4v) is 3.22. The Labute approximate surface area is 155 Å². The Bertz CT molecular complexity index is 781. The first-order valence-electron chi connectivity index (χ1n) is 9.31. The highest BCUT2D eigenvalue weighted by Gasteiger charge is 2.22. The smallest absolute Gasteiger partial charge is 0.230 e. The number of rotatable bonds is 4. The largest absolute Gasteiger partial charge is 0.438 e. The van der Waals surface area contributed by atoms with Crippen LogP contribution in [0.3, 0.4) is 0 Å². The van der Waals surface area contributed by atoms with Gasteiger partial charge < -0.3 is 14.8 Å². The Balaban J connectivity index is 1.94. The molecule has 3 rings (SSSR count). The minimum atomic E-state index is 0.423. The third kappa shape index (κ3) is 4.15. The lowest BCUT2D eigenvalue weighted by molar-refractivity contribution is 0.285. The first kappa shape index (κ1) is 18.2. The molecular weight excluding hydrogens is 326 g/mol. The van der Waals surface area contributed by atoms with Crippen LogP contribution in [0.4, 0.5) is 0 Å². The standard InChI is InChI=1S/C21H27N3O2/c1-15(2)17-8-7-9-18(14-17)26-21-19(11-10-16(3)22-21)20(23-25)24-12-5-4-6-13-24/h7-11,14-15,25H,4-6,12-13H2,1-3H3/b23-20-. The van der Waals surface area contributed by atoms with Gasteiger partial charge in [-0.05, 0) is 61.9 Å². The minimum Gasteiger partial charge on any atom is -0.438 e. The first-order valence-corrected chi connectivity index (χ1v) is 9.31. The monoisotopic (exact) mass is 353 g/mol. The zero-order valence-electron chi connectivity index (χ0n) is 15.8. The van der Waals surface area contributed by atoms with Crippen molar-refractivity contribution < 1.29 is 9.94 Å². The van der Waals surface area contributed by atoms with E-state index in [2.05, 4.69) is 35.0 Å². The molecule has 0 bridgehead atoms. The number of likely N-dealkylation sites (tertiary alicyclic amines) is 1. The van der Waals surface area contributed by atoms with Crippen LogP contribution in [-0.4, -0.2) is 34.0 Å². The number of aryl methyl sites for hydroxylation is 1. The molecule has 0 amide bonds. The summed E-state index contributed by atoms with van der Waals surface area (Å²) in [6.45, 7) is 8.01. The van der Waals surface area contributed by atoms with E-state index in [0.717, 1.165) is 42.9 Å². The van der Waals surface area contributed by atoms with Crippen molar-refractivity contribution in [3.8, 4) is 11.6 Å². The summed E-state index contributed by atoms with van der Waals surface area (Å²) in [4.78, 5) is 6.67. The molecule has 1 N–H and O–H groups in total. The molecule has 1 saturated heterocycles. The predicted molar refractivity (Wildman–Crippen MR) is 103 cm³/mol. The fraction of sp³-hybridized carbons (Fsp3) is 0.429. The fourth-order valence-electron chi connectivity index (χ4n) is 3.22. The number of hydrogen-bond acceptors (Lipinski definition) is 4. The summed E-state index contributed by atoms with van der Waals surface area (Å²) in [6.07, 6.45) is 3.42. The van der Waals surface area contributed by atoms with Crippen LogP contribution in [-0.2, 0) is 0 Å². The molecule has 0 unspecified atom stereocenters. The Morgan fingerprint density at radius 1 is 1.15 bits per heavy atom. The topological polar surface area (TPSA) is 58.0 Å². The van der Waals surface area contributed by atoms with Crippen molar-refractivity contribution >= 4 is 5.84 Å². The van der Waals surface area contributed by atoms with E-state index in [1.54, 1.807) is 0 Å². The third-order valence-corrected chi connectivity index (χ3v) is 4.73. The van der Waals surface area contributed by atoms with Gasteiger partial charge in [0.25, 0.3) is 0 Å². The number of amidine groups is 1. The molecule has 1 fully saturated rings. The second kappa shape index (κ2) is 8.21. The van der Waals surface area contributed by atoms with Gasteiger partial charge in [-0.1, -0.05) is 31.1 Å². The second-order valence-electron chi connectivity index (χ2n) is 7.11. The zero-order chi connectivity index (χ0) is 18.5. The van der Waals surface area contributed by atoms with Crippen molar-refractivity contribution in [1.82, 2.24) is 9.88 Å². The van der Waals surface area contributed by atoms with Crippen molar-refractivity contribution in [2.24, 2.45) is 5.16 Å². The average molecular weight is 353 g/mol. The van der Waals surface area contributed by atoms with E-state index in [-0.39, 0.29) is 0 Å². The highest BCUT2D eigenvalue weighted by molar-refractivity contribution is 6.00. The minimum absolute atomic E-state index is 0.423. The van der Waals surface area contributed by atoms with Crippen molar-refractivity contribution in [1.29, 1.82) is 0 Å². The summed E-state index contributed by atoms with van der Waals surface area (Å²) in [5, 5.41) is 13.3. The molecule has 1 aromatic heterocycles. The normalized spacial score (nSPS) is 15.4. The number of hydrogen-bond donors (Lipinski definition) is 1. The van der Waals surface area contributed by atoms with E-state index < -0.39 is 0 Å². The second-order valence-corrected chi connectivity index (χ2v) is 7.11. The lowest BCUT2D eigenvalue weighted by Crippen LogP contribution is -2.36. The van der Waals surface area contributed by atoms with Gasteiger partial charge in [0.15, 0.2) is 5.84 Å². The lowest BCUT2D eigenvalue weighted by atomic mass is 10.0. The van der Waals surface area contributed by atoms with E-state index in [1.165, 1.54) is 12.0 Å². The molecule has 138 valence electrons. The third-order valence-electron chi connectivity index (χ3n) is 4.73. The Kier molecular flexibility index (Phi) is 5.76. The predicted octanol–water partition coefficient (Wildman–Crippen LogP) is 4.93. The highest BCUT2D eigenvalue weighted by Crippen LogP contribution is 2.28. The van der Waals surface area contributed by atoms with Crippen molar-refractivity contribution in [2.45, 2.75) is 46.0 Å². The SMILES string of the molecule is Cc1ccc(/C(=N/O)N2CCCCC2)c(Oc2cccc(C(C)C)c2)n1. The van der Waals surface area contributed by atoms with E-state index in [4.69, 9.17) is 4.74 Å². The molecular formula is C21H27N3O2. The molecule has 0 atom stereocenters. The van der Waals surface area contributed by atoms with Crippen LogP contribution < -0.4 is 4.74 Å². The molecule has 0 aliphatic carbocycles. The molecule has 5 heteroatoms. The Hall–Kier alpha value is -2.56. The molecule has 2 heterocycles. The van der Waals surface area contributed by atoms with E-state index >= 15 is 0 Å². The summed E-state index contributed by atoms with van der Waals surface area (Å²) in [5.41, 5.74) is 2.79. The lowest BCUT2D eigenvalue weighted by Gasteiger charge is -2.29. The molecule has 0 saturated carbocycles. The van der Waals surface area contributed by atoms with Crippen molar-refractivity contribution in [3.63, 3.8) is 0 Å². The van der Waals surface area contributed by atoms with Gasteiger partial charge in [-0.3, -0.25) is 0 Å². The Morgan fingerprint density at radius 2 is 1.92 bits per heavy atom. The van der Waals surface area contributed by atoms with Gasteiger partial charge in [0, 0.05) is 18.8 Å². The van der Waals surface area contributed by atoms with Gasteiger partial charge >= 0.3 is 0 Å². The van der Waals surface area contributed by atoms with Crippen LogP contribution in [0.1, 0.15) is 55.8 Å². The summed E-state index contributed by atoms with van der Waals surface area (Å²) < 4.78 is 6.13. The van der Waals surface area contributed by atoms with E-state index in [9.17, 15) is 5.21 Å². The first-order chi connectivity index (χ1) is 12.6. The average Bonchev–Trinajstić information content (AvgIpc) is 2.65. The maximum absolute atomic E-state index is 9.67. The van der Waals surface area contributed by atoms with Crippen LogP contribution in [0, 0.1) is 6.92 Å². The maximum Gasteiger partial charge on any atom is 0.230 e. The molecule has 2 aromatic rings. The number of oxime groups is 1. The molecule has 1 aliphatic heterocycles. The quantitative estimate of drug-likeness (QED) is 0.366. The number of pyridine rings is 1. The van der Waals surface area contributed by atoms with Crippen molar-refractivity contribution in [2.75, 3.05) is 13.1 Å². The summed E-state index contributed by atoms with van der Waals surface area (Å²) in [6, 6.07) is 11.9. The van der Waals surface area contributed by atoms with Crippen LogP contribution in [0.15, 0.2) is 41.6 Å². The summed E-state index contributed by atoms with van der Waals surface area (Å²) in [5.74, 6) is 2.18. The highest BCUT2D eigenvalue weighted by atomic mass is 16.5. The number of ether oxygens (including phenoxy) is 1. The maximum atomic E-state index is 9.67. The van der Waals surface area contributed by atoms with Gasteiger partial charge in [0.05, 0.1) is 5.56 Å². The zero-order valence-corrected chi connectivity index (χ0v) is 15.8. The van der Waals surface area contributed by atoms with Crippen LogP contribution in [0.2, 0.25) is 0 Å². The summed E-state index contributed by atoms with van der Waals surface area (Å²) >= 11 is 0. The van der Waals surface area contributed by atoms with Crippen LogP contribution >= 0.6 is 0 Å². The number of aromatic nitrogens is 1. The summed E-state index contributed by atoms with van der Waals surface area (Å²) in [7, 11) is 0. The molecule has 1 aliphatic rings. The van der Waals surface area contributed by atoms with Gasteiger partial charge in [-0.2, -0.15) is 0 Å². The van der Waals surface area contributed by atoms with Crippen molar-refractivity contribution in [3.05, 3.63) is 53.2 Å². The number of piperidine rings is 1. The molecule has 26 heavy (non-hydrogen) atoms. The molecule has 1 aromatic carbocycles. The molecule has 0 radical (unpaired) electrons. The number of benzene rings is 1. The van der Waals surface area contributed by atoms with Gasteiger partial charge in [0.2, 0.25) is 5.88 Å². The van der Waals surface area contributed by atoms with Crippen LogP contribution in [0.5, 0.6) is 11.6 Å². The van der Waals surface area contributed by atoms with Gasteiger partial charge in [0.1, 0.15) is 5.75 Å². The van der Waals surface area contributed by atoms with Gasteiger partial charge in [-0.15, -0.1) is 0 Å². The number of nitrogens with zero attached hydrogens (tertiary/aromatic N) is 3. The van der Waals surface area contributed by atoms with E-state index in [1.807, 2.05) is 37.3 Å². The van der Waals surface area contributed by atoms with E-state index in [0.29, 0.717) is 17.6 Å². The Morgan fingerprint density at radius 3 is 2.62 bits per heavy atom. The molecule has 0 spiro atoms. The van der Waals surface area contributed by atoms with Gasteiger partial charge in [-0.25, -0.2) is 4.98 Å². The molecule has 5 nitrogen and oxygen atoms in total. The van der Waals surface area contributed by atoms with Crippen LogP contribution in [0.25, 0.3) is 0 Å².